The van der Waals surface area contributed by atoms with E-state index in [1.54, 1.807) is 0 Å². The Morgan fingerprint density at radius 2 is 2.08 bits per heavy atom. The Kier molecular flexibility index (Phi) is 3.74. The van der Waals surface area contributed by atoms with Crippen LogP contribution in [0.15, 0.2) is 0 Å². The maximum atomic E-state index is 11.5. The van der Waals surface area contributed by atoms with Gasteiger partial charge in [0.2, 0.25) is 5.91 Å². The molecule has 2 N–H and O–H groups in total. The van der Waals surface area contributed by atoms with Gasteiger partial charge in [-0.3, -0.25) is 4.79 Å². The molecule has 4 heteroatoms. The molecule has 1 atom stereocenters. The summed E-state index contributed by atoms with van der Waals surface area (Å²) in [6.45, 7) is 3.99. The fraction of sp³-hybridized carbons (Fsp3) is 0.889. The largest absolute Gasteiger partial charge is 0.393 e. The molecule has 0 heterocycles. The minimum atomic E-state index is -0.210. The molecule has 0 bridgehead atoms. The number of aliphatic hydroxyl groups excluding tert-OH is 1. The second-order valence-corrected chi connectivity index (χ2v) is 4.96. The van der Waals surface area contributed by atoms with E-state index in [0.717, 1.165) is 0 Å². The van der Waals surface area contributed by atoms with Gasteiger partial charge in [-0.2, -0.15) is 0 Å². The summed E-state index contributed by atoms with van der Waals surface area (Å²) in [5.74, 6) is 0.330. The normalized spacial score (nSPS) is 29.6. The predicted octanol–water partition coefficient (Wildman–Crippen LogP) is 1.05. The third-order valence-corrected chi connectivity index (χ3v) is 3.77. The van der Waals surface area contributed by atoms with Crippen LogP contribution in [0, 0.1) is 5.92 Å². The number of alkyl halides is 1. The molecule has 1 aliphatic rings. The van der Waals surface area contributed by atoms with E-state index < -0.39 is 0 Å². The molecular formula is C9H16BrNO2. The summed E-state index contributed by atoms with van der Waals surface area (Å²) in [6.07, 6.45) is 1.19. The van der Waals surface area contributed by atoms with Gasteiger partial charge < -0.3 is 10.4 Å². The van der Waals surface area contributed by atoms with Crippen molar-refractivity contribution in [1.29, 1.82) is 0 Å². The number of aliphatic hydroxyl groups is 1. The van der Waals surface area contributed by atoms with Gasteiger partial charge in [-0.05, 0) is 18.8 Å². The molecule has 1 aliphatic carbocycles. The van der Waals surface area contributed by atoms with Crippen LogP contribution < -0.4 is 5.32 Å². The number of carbonyl (C=O) groups excluding carboxylic acids is 1. The van der Waals surface area contributed by atoms with Crippen molar-refractivity contribution in [3.63, 3.8) is 0 Å². The quantitative estimate of drug-likeness (QED) is 0.735. The molecule has 0 aromatic rings. The van der Waals surface area contributed by atoms with E-state index in [2.05, 4.69) is 21.2 Å². The molecule has 1 amide bonds. The SMILES string of the molecule is CC(C)C(Br)C(=O)NC1CC(O)C1. The second kappa shape index (κ2) is 4.42. The van der Waals surface area contributed by atoms with Crippen molar-refractivity contribution in [3.8, 4) is 0 Å². The first-order valence-corrected chi connectivity index (χ1v) is 5.54. The maximum absolute atomic E-state index is 11.5. The third kappa shape index (κ3) is 2.95. The molecule has 0 radical (unpaired) electrons. The summed E-state index contributed by atoms with van der Waals surface area (Å²) in [5.41, 5.74) is 0. The molecule has 13 heavy (non-hydrogen) atoms. The minimum Gasteiger partial charge on any atom is -0.393 e. The topological polar surface area (TPSA) is 49.3 Å². The molecule has 1 saturated carbocycles. The predicted molar refractivity (Wildman–Crippen MR) is 54.7 cm³/mol. The van der Waals surface area contributed by atoms with Gasteiger partial charge in [0.05, 0.1) is 10.9 Å². The Bertz CT molecular complexity index is 190. The number of nitrogens with one attached hydrogen (secondary N) is 1. The summed E-state index contributed by atoms with van der Waals surface area (Å²) < 4.78 is 0. The van der Waals surface area contributed by atoms with Crippen LogP contribution in [0.5, 0.6) is 0 Å². The Labute approximate surface area is 87.0 Å². The molecule has 1 fully saturated rings. The highest BCUT2D eigenvalue weighted by molar-refractivity contribution is 9.10. The Morgan fingerprint density at radius 1 is 1.54 bits per heavy atom. The highest BCUT2D eigenvalue weighted by Crippen LogP contribution is 2.20. The van der Waals surface area contributed by atoms with Crippen LogP contribution >= 0.6 is 15.9 Å². The summed E-state index contributed by atoms with van der Waals surface area (Å²) in [6, 6.07) is 0.182. The highest BCUT2D eigenvalue weighted by atomic mass is 79.9. The lowest BCUT2D eigenvalue weighted by Crippen LogP contribution is -2.49. The maximum Gasteiger partial charge on any atom is 0.234 e. The molecule has 1 unspecified atom stereocenters. The Hall–Kier alpha value is -0.0900. The van der Waals surface area contributed by atoms with E-state index in [0.29, 0.717) is 18.8 Å². The summed E-state index contributed by atoms with van der Waals surface area (Å²) in [5, 5.41) is 11.9. The van der Waals surface area contributed by atoms with Crippen molar-refractivity contribution < 1.29 is 9.90 Å². The monoisotopic (exact) mass is 249 g/mol. The number of amides is 1. The molecule has 0 saturated heterocycles. The first-order chi connectivity index (χ1) is 6.00. The smallest absolute Gasteiger partial charge is 0.234 e. The van der Waals surface area contributed by atoms with Crippen LogP contribution in [0.1, 0.15) is 26.7 Å². The number of carbonyl (C=O) groups is 1. The van der Waals surface area contributed by atoms with Crippen molar-refractivity contribution in [2.24, 2.45) is 5.92 Å². The number of halogens is 1. The molecular weight excluding hydrogens is 234 g/mol. The summed E-state index contributed by atoms with van der Waals surface area (Å²) >= 11 is 3.33. The van der Waals surface area contributed by atoms with E-state index in [9.17, 15) is 4.79 Å². The fourth-order valence-electron chi connectivity index (χ4n) is 1.29. The van der Waals surface area contributed by atoms with Crippen LogP contribution in [0.25, 0.3) is 0 Å². The molecule has 0 spiro atoms. The van der Waals surface area contributed by atoms with Gasteiger partial charge in [0.15, 0.2) is 0 Å². The Balaban J connectivity index is 2.25. The van der Waals surface area contributed by atoms with Crippen molar-refractivity contribution in [2.75, 3.05) is 0 Å². The van der Waals surface area contributed by atoms with Crippen molar-refractivity contribution >= 4 is 21.8 Å². The lowest BCUT2D eigenvalue weighted by atomic mass is 9.89. The van der Waals surface area contributed by atoms with Crippen molar-refractivity contribution in [2.45, 2.75) is 43.7 Å². The minimum absolute atomic E-state index is 0.0342. The van der Waals surface area contributed by atoms with Gasteiger partial charge in [0.1, 0.15) is 0 Å². The molecule has 3 nitrogen and oxygen atoms in total. The van der Waals surface area contributed by atoms with Gasteiger partial charge in [-0.15, -0.1) is 0 Å². The number of rotatable bonds is 3. The van der Waals surface area contributed by atoms with Crippen LogP contribution in [0.3, 0.4) is 0 Å². The third-order valence-electron chi connectivity index (χ3n) is 2.30. The number of hydrogen-bond acceptors (Lipinski definition) is 2. The summed E-state index contributed by atoms with van der Waals surface area (Å²) in [4.78, 5) is 11.3. The average molecular weight is 250 g/mol. The van der Waals surface area contributed by atoms with Crippen LogP contribution in [-0.4, -0.2) is 28.0 Å². The average Bonchev–Trinajstić information content (AvgIpc) is 2.00. The zero-order valence-electron chi connectivity index (χ0n) is 7.96. The van der Waals surface area contributed by atoms with E-state index in [1.165, 1.54) is 0 Å². The van der Waals surface area contributed by atoms with Crippen LogP contribution in [-0.2, 0) is 4.79 Å². The van der Waals surface area contributed by atoms with Gasteiger partial charge in [-0.25, -0.2) is 0 Å². The van der Waals surface area contributed by atoms with Crippen molar-refractivity contribution in [3.05, 3.63) is 0 Å². The number of hydrogen-bond donors (Lipinski definition) is 2. The van der Waals surface area contributed by atoms with E-state index >= 15 is 0 Å². The standard InChI is InChI=1S/C9H16BrNO2/c1-5(2)8(10)9(13)11-6-3-7(12)4-6/h5-8,12H,3-4H2,1-2H3,(H,11,13). The zero-order chi connectivity index (χ0) is 10.0. The first-order valence-electron chi connectivity index (χ1n) is 4.63. The van der Waals surface area contributed by atoms with E-state index in [4.69, 9.17) is 5.11 Å². The second-order valence-electron chi connectivity index (χ2n) is 3.98. The fourth-order valence-corrected chi connectivity index (χ4v) is 1.42. The first kappa shape index (κ1) is 11.0. The van der Waals surface area contributed by atoms with E-state index in [1.807, 2.05) is 13.8 Å². The van der Waals surface area contributed by atoms with Crippen LogP contribution in [0.2, 0.25) is 0 Å². The molecule has 0 aromatic heterocycles. The van der Waals surface area contributed by atoms with Gasteiger partial charge in [-0.1, -0.05) is 29.8 Å². The highest BCUT2D eigenvalue weighted by Gasteiger charge is 2.30. The summed E-state index contributed by atoms with van der Waals surface area (Å²) in [7, 11) is 0. The van der Waals surface area contributed by atoms with Crippen molar-refractivity contribution in [1.82, 2.24) is 5.32 Å². The lowest BCUT2D eigenvalue weighted by Gasteiger charge is -2.32. The zero-order valence-corrected chi connectivity index (χ0v) is 9.54. The molecule has 0 aromatic carbocycles. The van der Waals surface area contributed by atoms with E-state index in [-0.39, 0.29) is 22.9 Å². The molecule has 1 rings (SSSR count). The van der Waals surface area contributed by atoms with Gasteiger partial charge in [0, 0.05) is 6.04 Å². The van der Waals surface area contributed by atoms with Gasteiger partial charge >= 0.3 is 0 Å². The van der Waals surface area contributed by atoms with Gasteiger partial charge in [0.25, 0.3) is 0 Å². The van der Waals surface area contributed by atoms with Crippen LogP contribution in [0.4, 0.5) is 0 Å². The lowest BCUT2D eigenvalue weighted by molar-refractivity contribution is -0.123. The molecule has 76 valence electrons. The Morgan fingerprint density at radius 3 is 2.46 bits per heavy atom. The molecule has 0 aliphatic heterocycles.